The maximum Gasteiger partial charge on any atom is 0.236 e. The molecule has 1 heterocycles. The van der Waals surface area contributed by atoms with Gasteiger partial charge in [0.1, 0.15) is 0 Å². The van der Waals surface area contributed by atoms with Crippen molar-refractivity contribution in [3.63, 3.8) is 0 Å². The van der Waals surface area contributed by atoms with Crippen LogP contribution in [0.1, 0.15) is 35.5 Å². The van der Waals surface area contributed by atoms with Crippen molar-refractivity contribution in [2.24, 2.45) is 0 Å². The van der Waals surface area contributed by atoms with E-state index in [1.165, 1.54) is 4.88 Å². The molecule has 1 aromatic heterocycles. The summed E-state index contributed by atoms with van der Waals surface area (Å²) in [7, 11) is 1.65. The van der Waals surface area contributed by atoms with Crippen LogP contribution >= 0.6 is 11.3 Å². The minimum atomic E-state index is -0.193. The van der Waals surface area contributed by atoms with Crippen molar-refractivity contribution in [3.05, 3.63) is 15.6 Å². The minimum absolute atomic E-state index is 0.00532. The van der Waals surface area contributed by atoms with Gasteiger partial charge in [0.25, 0.3) is 0 Å². The lowest BCUT2D eigenvalue weighted by atomic mass is 10.2. The first-order valence-electron chi connectivity index (χ1n) is 5.37. The van der Waals surface area contributed by atoms with E-state index in [9.17, 15) is 4.79 Å². The summed E-state index contributed by atoms with van der Waals surface area (Å²) >= 11 is 1.68. The highest BCUT2D eigenvalue weighted by atomic mass is 32.1. The third-order valence-corrected chi connectivity index (χ3v) is 3.73. The molecule has 2 N–H and O–H groups in total. The highest BCUT2D eigenvalue weighted by Crippen LogP contribution is 2.24. The number of nitrogens with zero attached hydrogens (tertiary/aromatic N) is 1. The highest BCUT2D eigenvalue weighted by molar-refractivity contribution is 7.11. The molecule has 0 aliphatic rings. The molecule has 0 aliphatic heterocycles. The number of amides is 1. The molecule has 1 aromatic rings. The standard InChI is InChI=1S/C11H19N3OS/c1-6(13-8(3)11(15)12-5)10-7(2)14-9(4)16-10/h6,8,13H,1-5H3,(H,12,15). The second-order valence-corrected chi connectivity index (χ2v) is 5.14. The average molecular weight is 241 g/mol. The van der Waals surface area contributed by atoms with Crippen LogP contribution in [0.3, 0.4) is 0 Å². The van der Waals surface area contributed by atoms with Crippen molar-refractivity contribution in [3.8, 4) is 0 Å². The Labute approximate surface area is 100 Å². The fraction of sp³-hybridized carbons (Fsp3) is 0.636. The zero-order valence-corrected chi connectivity index (χ0v) is 11.2. The van der Waals surface area contributed by atoms with Crippen LogP contribution in [0.4, 0.5) is 0 Å². The summed E-state index contributed by atoms with van der Waals surface area (Å²) < 4.78 is 0. The number of carbonyl (C=O) groups is 1. The van der Waals surface area contributed by atoms with Crippen LogP contribution in [0.2, 0.25) is 0 Å². The SMILES string of the molecule is CNC(=O)C(C)NC(C)c1sc(C)nc1C. The molecule has 16 heavy (non-hydrogen) atoms. The largest absolute Gasteiger partial charge is 0.358 e. The Morgan fingerprint density at radius 3 is 2.44 bits per heavy atom. The second kappa shape index (κ2) is 5.41. The summed E-state index contributed by atoms with van der Waals surface area (Å²) in [5.74, 6) is 0.00532. The van der Waals surface area contributed by atoms with Crippen molar-refractivity contribution < 1.29 is 4.79 Å². The molecule has 0 aromatic carbocycles. The van der Waals surface area contributed by atoms with E-state index in [0.717, 1.165) is 10.7 Å². The van der Waals surface area contributed by atoms with Crippen LogP contribution in [0.5, 0.6) is 0 Å². The van der Waals surface area contributed by atoms with Gasteiger partial charge in [-0.3, -0.25) is 10.1 Å². The predicted molar refractivity (Wildman–Crippen MR) is 66.7 cm³/mol. The van der Waals surface area contributed by atoms with Crippen molar-refractivity contribution >= 4 is 17.2 Å². The lowest BCUT2D eigenvalue weighted by molar-refractivity contribution is -0.122. The number of hydrogen-bond donors (Lipinski definition) is 2. The summed E-state index contributed by atoms with van der Waals surface area (Å²) in [6.07, 6.45) is 0. The molecule has 90 valence electrons. The van der Waals surface area contributed by atoms with Gasteiger partial charge < -0.3 is 5.32 Å². The van der Waals surface area contributed by atoms with Crippen molar-refractivity contribution in [1.82, 2.24) is 15.6 Å². The first kappa shape index (κ1) is 13.1. The number of rotatable bonds is 4. The van der Waals surface area contributed by atoms with Crippen molar-refractivity contribution in [2.75, 3.05) is 7.05 Å². The second-order valence-electron chi connectivity index (χ2n) is 3.91. The number of nitrogens with one attached hydrogen (secondary N) is 2. The molecule has 0 saturated carbocycles. The number of aryl methyl sites for hydroxylation is 2. The first-order chi connectivity index (χ1) is 7.45. The highest BCUT2D eigenvalue weighted by Gasteiger charge is 2.18. The summed E-state index contributed by atoms with van der Waals surface area (Å²) in [4.78, 5) is 17.0. The Morgan fingerprint density at radius 2 is 2.00 bits per heavy atom. The van der Waals surface area contributed by atoms with Crippen LogP contribution in [0, 0.1) is 13.8 Å². The van der Waals surface area contributed by atoms with Crippen LogP contribution in [0.15, 0.2) is 0 Å². The zero-order valence-electron chi connectivity index (χ0n) is 10.4. The van der Waals surface area contributed by atoms with Gasteiger partial charge in [-0.05, 0) is 27.7 Å². The maximum absolute atomic E-state index is 11.4. The van der Waals surface area contributed by atoms with Gasteiger partial charge in [-0.25, -0.2) is 4.98 Å². The molecule has 0 spiro atoms. The van der Waals surface area contributed by atoms with Crippen LogP contribution < -0.4 is 10.6 Å². The maximum atomic E-state index is 11.4. The van der Waals surface area contributed by atoms with Crippen LogP contribution in [-0.2, 0) is 4.79 Å². The van der Waals surface area contributed by atoms with Gasteiger partial charge in [-0.15, -0.1) is 11.3 Å². The minimum Gasteiger partial charge on any atom is -0.358 e. The van der Waals surface area contributed by atoms with Gasteiger partial charge in [0.15, 0.2) is 0 Å². The summed E-state index contributed by atoms with van der Waals surface area (Å²) in [6.45, 7) is 7.91. The van der Waals surface area contributed by atoms with E-state index in [4.69, 9.17) is 0 Å². The van der Waals surface area contributed by atoms with Gasteiger partial charge in [-0.1, -0.05) is 0 Å². The van der Waals surface area contributed by atoms with E-state index in [2.05, 4.69) is 22.5 Å². The van der Waals surface area contributed by atoms with Crippen molar-refractivity contribution in [2.45, 2.75) is 39.8 Å². The normalized spacial score (nSPS) is 14.6. The fourth-order valence-electron chi connectivity index (χ4n) is 1.69. The average Bonchev–Trinajstić information content (AvgIpc) is 2.56. The Hall–Kier alpha value is -0.940. The smallest absolute Gasteiger partial charge is 0.236 e. The quantitative estimate of drug-likeness (QED) is 0.841. The Bertz CT molecular complexity index is 375. The van der Waals surface area contributed by atoms with E-state index in [0.29, 0.717) is 0 Å². The summed E-state index contributed by atoms with van der Waals surface area (Å²) in [6, 6.07) is -0.0414. The molecule has 0 radical (unpaired) electrons. The molecule has 5 heteroatoms. The fourth-order valence-corrected chi connectivity index (χ4v) is 2.63. The molecular formula is C11H19N3OS. The first-order valence-corrected chi connectivity index (χ1v) is 6.19. The van der Waals surface area contributed by atoms with Crippen molar-refractivity contribution in [1.29, 1.82) is 0 Å². The zero-order chi connectivity index (χ0) is 12.3. The Morgan fingerprint density at radius 1 is 1.38 bits per heavy atom. The molecule has 0 fully saturated rings. The number of carbonyl (C=O) groups excluding carboxylic acids is 1. The van der Waals surface area contributed by atoms with E-state index in [1.54, 1.807) is 18.4 Å². The third kappa shape index (κ3) is 3.02. The third-order valence-electron chi connectivity index (χ3n) is 2.47. The number of likely N-dealkylation sites (N-methyl/N-ethyl adjacent to an activating group) is 1. The lowest BCUT2D eigenvalue weighted by Crippen LogP contribution is -2.41. The summed E-state index contributed by atoms with van der Waals surface area (Å²) in [5.41, 5.74) is 1.05. The van der Waals surface area contributed by atoms with Gasteiger partial charge in [0, 0.05) is 18.0 Å². The number of hydrogen-bond acceptors (Lipinski definition) is 4. The van der Waals surface area contributed by atoms with E-state index in [-0.39, 0.29) is 18.0 Å². The molecule has 0 bridgehead atoms. The molecule has 0 aliphatic carbocycles. The lowest BCUT2D eigenvalue weighted by Gasteiger charge is -2.18. The molecule has 0 saturated heterocycles. The number of aromatic nitrogens is 1. The van der Waals surface area contributed by atoms with Gasteiger partial charge in [0.2, 0.25) is 5.91 Å². The molecule has 1 amide bonds. The molecule has 1 rings (SSSR count). The predicted octanol–water partition coefficient (Wildman–Crippen LogP) is 1.55. The van der Waals surface area contributed by atoms with Crippen LogP contribution in [-0.4, -0.2) is 24.0 Å². The molecule has 4 nitrogen and oxygen atoms in total. The Kier molecular flexibility index (Phi) is 4.44. The van der Waals surface area contributed by atoms with E-state index in [1.807, 2.05) is 20.8 Å². The molecule has 2 unspecified atom stereocenters. The number of thiazole rings is 1. The van der Waals surface area contributed by atoms with E-state index < -0.39 is 0 Å². The molecular weight excluding hydrogens is 222 g/mol. The summed E-state index contributed by atoms with van der Waals surface area (Å²) in [5, 5.41) is 6.95. The topological polar surface area (TPSA) is 54.0 Å². The van der Waals surface area contributed by atoms with Gasteiger partial charge in [0.05, 0.1) is 16.7 Å². The van der Waals surface area contributed by atoms with E-state index >= 15 is 0 Å². The molecule has 2 atom stereocenters. The Balaban J connectivity index is 2.68. The van der Waals surface area contributed by atoms with Gasteiger partial charge in [-0.2, -0.15) is 0 Å². The van der Waals surface area contributed by atoms with Gasteiger partial charge >= 0.3 is 0 Å². The monoisotopic (exact) mass is 241 g/mol. The van der Waals surface area contributed by atoms with Crippen LogP contribution in [0.25, 0.3) is 0 Å².